The van der Waals surface area contributed by atoms with Crippen molar-refractivity contribution in [2.45, 2.75) is 79.1 Å². The smallest absolute Gasteiger partial charge is 0.285 e. The van der Waals surface area contributed by atoms with Crippen molar-refractivity contribution in [3.63, 3.8) is 0 Å². The maximum absolute atomic E-state index is 11.6. The van der Waals surface area contributed by atoms with Crippen LogP contribution in [0, 0.1) is 0 Å². The van der Waals surface area contributed by atoms with Crippen LogP contribution in [0.25, 0.3) is 0 Å². The molecule has 4 nitrogen and oxygen atoms in total. The third-order valence-electron chi connectivity index (χ3n) is 3.57. The van der Waals surface area contributed by atoms with E-state index < -0.39 is 25.1 Å². The molecule has 4 N–H and O–H groups in total. The Morgan fingerprint density at radius 3 is 0.694 bits per heavy atom. The van der Waals surface area contributed by atoms with Crippen molar-refractivity contribution < 1.29 is 46.3 Å². The Balaban J connectivity index is 0. The van der Waals surface area contributed by atoms with Crippen LogP contribution >= 0.6 is 0 Å². The molecule has 0 heterocycles. The first kappa shape index (κ1) is 36.8. The van der Waals surface area contributed by atoms with Crippen molar-refractivity contribution in [2.75, 3.05) is 0 Å². The zero-order chi connectivity index (χ0) is 27.3. The van der Waals surface area contributed by atoms with E-state index in [9.17, 15) is 4.80 Å². The molecule has 36 heavy (non-hydrogen) atoms. The van der Waals surface area contributed by atoms with E-state index in [1.54, 1.807) is 62.3 Å². The van der Waals surface area contributed by atoms with Crippen LogP contribution in [0.2, 0.25) is 0 Å². The largest absolute Gasteiger partial charge is 0.421 e. The van der Waals surface area contributed by atoms with Gasteiger partial charge < -0.3 is 20.1 Å². The van der Waals surface area contributed by atoms with Crippen LogP contribution < -0.4 is 15.6 Å². The average molecular weight is 590 g/mol. The molecular formula is C30H46O4SiZr. The van der Waals surface area contributed by atoms with Gasteiger partial charge in [-0.2, -0.15) is 0 Å². The molecule has 3 aromatic rings. The molecule has 6 heteroatoms. The third kappa shape index (κ3) is 19.7. The van der Waals surface area contributed by atoms with Crippen molar-refractivity contribution in [2.24, 2.45) is 0 Å². The van der Waals surface area contributed by atoms with Crippen molar-refractivity contribution >= 4 is 23.9 Å². The summed E-state index contributed by atoms with van der Waals surface area (Å²) in [5, 5.41) is 28.6. The minimum atomic E-state index is -2.88. The fraction of sp³-hybridized carbons (Fsp3) is 0.400. The molecule has 0 aliphatic carbocycles. The monoisotopic (exact) mass is 588 g/mol. The molecule has 0 fully saturated rings. The third-order valence-corrected chi connectivity index (χ3v) is 7.08. The van der Waals surface area contributed by atoms with Crippen molar-refractivity contribution in [3.8, 4) is 0 Å². The van der Waals surface area contributed by atoms with Gasteiger partial charge in [0, 0.05) is 26.2 Å². The van der Waals surface area contributed by atoms with E-state index in [0.717, 1.165) is 15.6 Å². The van der Waals surface area contributed by atoms with Crippen LogP contribution in [0.4, 0.5) is 0 Å². The molecule has 0 saturated heterocycles. The summed E-state index contributed by atoms with van der Waals surface area (Å²) in [6.45, 7) is 15.7. The molecule has 3 rings (SSSR count). The first-order valence-corrected chi connectivity index (χ1v) is 13.8. The van der Waals surface area contributed by atoms with Crippen molar-refractivity contribution in [1.29, 1.82) is 0 Å². The van der Waals surface area contributed by atoms with Crippen LogP contribution in [0.3, 0.4) is 0 Å². The number of rotatable bonds is 3. The Morgan fingerprint density at radius 2 is 0.556 bits per heavy atom. The molecule has 0 amide bonds. The minimum Gasteiger partial charge on any atom is -0.421 e. The first-order valence-electron chi connectivity index (χ1n) is 11.9. The van der Waals surface area contributed by atoms with Crippen LogP contribution in [0.15, 0.2) is 91.0 Å². The second-order valence-corrected chi connectivity index (χ2v) is 14.5. The summed E-state index contributed by atoms with van der Waals surface area (Å²) in [6.07, 6.45) is 0. The second kappa shape index (κ2) is 16.4. The zero-order valence-electron chi connectivity index (χ0n) is 23.4. The molecule has 0 atom stereocenters. The number of hydrogen-bond acceptors (Lipinski definition) is 4. The topological polar surface area (TPSA) is 80.9 Å². The predicted molar refractivity (Wildman–Crippen MR) is 152 cm³/mol. The Bertz CT molecular complexity index is 787. The SMILES string of the molecule is CC(C)(C)O.CC(C)(C)O.CC(C)(C)O.O[Si](c1ccccc1)(c1ccccc1)c1ccccc1.[Zr]. The van der Waals surface area contributed by atoms with Gasteiger partial charge in [0.1, 0.15) is 0 Å². The van der Waals surface area contributed by atoms with Gasteiger partial charge in [-0.25, -0.2) is 0 Å². The van der Waals surface area contributed by atoms with E-state index in [4.69, 9.17) is 15.3 Å². The molecule has 0 aromatic heterocycles. The van der Waals surface area contributed by atoms with Crippen LogP contribution in [0.1, 0.15) is 62.3 Å². The summed E-state index contributed by atoms with van der Waals surface area (Å²) in [5.74, 6) is 0. The van der Waals surface area contributed by atoms with Gasteiger partial charge >= 0.3 is 0 Å². The number of aliphatic hydroxyl groups is 3. The van der Waals surface area contributed by atoms with Crippen molar-refractivity contribution in [1.82, 2.24) is 0 Å². The Kier molecular flexibility index (Phi) is 16.8. The fourth-order valence-corrected chi connectivity index (χ4v) is 5.56. The van der Waals surface area contributed by atoms with Gasteiger partial charge in [0.05, 0.1) is 16.8 Å². The maximum atomic E-state index is 11.6. The molecule has 0 spiro atoms. The Morgan fingerprint density at radius 1 is 0.417 bits per heavy atom. The van der Waals surface area contributed by atoms with E-state index in [0.29, 0.717) is 0 Å². The molecule has 0 bridgehead atoms. The standard InChI is InChI=1S/C18H16OSi.3C4H10O.Zr/c19-20(16-10-4-1-5-11-16,17-12-6-2-7-13-17)18-14-8-3-9-15-18;3*1-4(2,3)5;/h1-15,19H;3*5H,1-3H3;. The normalized spacial score (nSPS) is 11.2. The maximum Gasteiger partial charge on any atom is 0.285 e. The summed E-state index contributed by atoms with van der Waals surface area (Å²) in [5.41, 5.74) is -1.50. The van der Waals surface area contributed by atoms with Gasteiger partial charge in [-0.1, -0.05) is 91.0 Å². The van der Waals surface area contributed by atoms with E-state index >= 15 is 0 Å². The molecule has 0 aliphatic rings. The summed E-state index contributed by atoms with van der Waals surface area (Å²) in [6, 6.07) is 30.0. The zero-order valence-corrected chi connectivity index (χ0v) is 26.9. The quantitative estimate of drug-likeness (QED) is 0.275. The van der Waals surface area contributed by atoms with Crippen molar-refractivity contribution in [3.05, 3.63) is 91.0 Å². The van der Waals surface area contributed by atoms with Crippen LogP contribution in [-0.2, 0) is 26.2 Å². The van der Waals surface area contributed by atoms with E-state index in [-0.39, 0.29) is 26.2 Å². The Labute approximate surface area is 239 Å². The van der Waals surface area contributed by atoms with Gasteiger partial charge in [0.15, 0.2) is 0 Å². The minimum absolute atomic E-state index is 0. The predicted octanol–water partition coefficient (Wildman–Crippen LogP) is 3.97. The number of hydrogen-bond donors (Lipinski definition) is 4. The van der Waals surface area contributed by atoms with Gasteiger partial charge in [0.25, 0.3) is 8.32 Å². The molecule has 0 unspecified atom stereocenters. The molecule has 3 aromatic carbocycles. The first-order chi connectivity index (χ1) is 15.8. The van der Waals surface area contributed by atoms with Crippen LogP contribution in [-0.4, -0.2) is 45.2 Å². The summed E-state index contributed by atoms with van der Waals surface area (Å²) in [7, 11) is -2.88. The van der Waals surface area contributed by atoms with Crippen LogP contribution in [0.5, 0.6) is 0 Å². The van der Waals surface area contributed by atoms with Gasteiger partial charge in [0.2, 0.25) is 0 Å². The molecule has 0 saturated carbocycles. The van der Waals surface area contributed by atoms with E-state index in [1.165, 1.54) is 0 Å². The summed E-state index contributed by atoms with van der Waals surface area (Å²) in [4.78, 5) is 11.6. The van der Waals surface area contributed by atoms with Gasteiger partial charge in [-0.15, -0.1) is 0 Å². The Hall–Kier alpha value is -1.40. The molecule has 0 aliphatic heterocycles. The summed E-state index contributed by atoms with van der Waals surface area (Å²) >= 11 is 0. The second-order valence-electron chi connectivity index (χ2n) is 11.3. The molecule has 198 valence electrons. The average Bonchev–Trinajstić information content (AvgIpc) is 2.71. The van der Waals surface area contributed by atoms with E-state index in [1.807, 2.05) is 91.0 Å². The van der Waals surface area contributed by atoms with Gasteiger partial charge in [-0.05, 0) is 77.9 Å². The van der Waals surface area contributed by atoms with E-state index in [2.05, 4.69) is 0 Å². The number of benzene rings is 3. The summed E-state index contributed by atoms with van der Waals surface area (Å²) < 4.78 is 0. The fourth-order valence-electron chi connectivity index (χ4n) is 2.54. The molecule has 0 radical (unpaired) electrons. The van der Waals surface area contributed by atoms with Gasteiger partial charge in [-0.3, -0.25) is 0 Å². The molecular weight excluding hydrogens is 544 g/mol.